The zero-order valence-electron chi connectivity index (χ0n) is 29.3. The standard InChI is InChI=1S/C35H46N6O8S/c1-8-22-18-35(22,31(44)40-50(46,47)24-14-15-24)39-29(42)26-16-23(48-27-17-25(36-20-37-27)21-12-10-9-11-13-21)19-41(26)30(43)28(33(2,3)4)38-32(45)49-34(5,6)7/h8-13,17,20,22-24,26,28H,1,14-16,18-19H2,2-7H3,(H,38,45)(H,39,42)(H,40,44)/t22-,23-,26?,28-,35-/m1/s1. The van der Waals surface area contributed by atoms with E-state index in [-0.39, 0.29) is 25.3 Å². The summed E-state index contributed by atoms with van der Waals surface area (Å²) in [4.78, 5) is 64.7. The molecule has 14 nitrogen and oxygen atoms in total. The minimum absolute atomic E-state index is 0.0162. The Kier molecular flexibility index (Phi) is 10.0. The van der Waals surface area contributed by atoms with E-state index in [1.807, 2.05) is 30.3 Å². The molecule has 5 rings (SSSR count). The van der Waals surface area contributed by atoms with Crippen LogP contribution in [0.3, 0.4) is 0 Å². The fraction of sp³-hybridized carbons (Fsp3) is 0.543. The van der Waals surface area contributed by atoms with Gasteiger partial charge in [-0.3, -0.25) is 19.1 Å². The van der Waals surface area contributed by atoms with Crippen LogP contribution in [0.5, 0.6) is 5.88 Å². The predicted molar refractivity (Wildman–Crippen MR) is 184 cm³/mol. The minimum Gasteiger partial charge on any atom is -0.472 e. The van der Waals surface area contributed by atoms with Gasteiger partial charge in [0.1, 0.15) is 35.7 Å². The van der Waals surface area contributed by atoms with Crippen LogP contribution in [0, 0.1) is 11.3 Å². The van der Waals surface area contributed by atoms with Gasteiger partial charge in [-0.05, 0) is 45.4 Å². The highest BCUT2D eigenvalue weighted by atomic mass is 32.2. The van der Waals surface area contributed by atoms with Crippen molar-refractivity contribution in [2.75, 3.05) is 6.54 Å². The van der Waals surface area contributed by atoms with Gasteiger partial charge in [0.2, 0.25) is 27.7 Å². The van der Waals surface area contributed by atoms with Gasteiger partial charge in [0.05, 0.1) is 17.5 Å². The first-order valence-corrected chi connectivity index (χ1v) is 18.2. The van der Waals surface area contributed by atoms with Crippen molar-refractivity contribution in [2.45, 2.75) is 102 Å². The van der Waals surface area contributed by atoms with E-state index in [0.717, 1.165) is 5.56 Å². The van der Waals surface area contributed by atoms with Crippen LogP contribution in [-0.4, -0.2) is 88.2 Å². The molecule has 1 saturated heterocycles. The molecule has 1 unspecified atom stereocenters. The number of amides is 4. The summed E-state index contributed by atoms with van der Waals surface area (Å²) in [6.45, 7) is 14.1. The van der Waals surface area contributed by atoms with E-state index in [0.29, 0.717) is 18.5 Å². The zero-order chi connectivity index (χ0) is 36.6. The highest BCUT2D eigenvalue weighted by Gasteiger charge is 2.62. The number of ether oxygens (including phenoxy) is 2. The Labute approximate surface area is 292 Å². The van der Waals surface area contributed by atoms with Gasteiger partial charge >= 0.3 is 6.09 Å². The van der Waals surface area contributed by atoms with Crippen LogP contribution < -0.4 is 20.1 Å². The average Bonchev–Trinajstić information content (AvgIpc) is 3.96. The molecule has 0 spiro atoms. The number of nitrogens with one attached hydrogen (secondary N) is 3. The lowest BCUT2D eigenvalue weighted by atomic mass is 9.85. The Hall–Kier alpha value is -4.53. The third-order valence-electron chi connectivity index (χ3n) is 8.87. The Bertz CT molecular complexity index is 1750. The number of carbonyl (C=O) groups is 4. The molecule has 2 aliphatic carbocycles. The number of carbonyl (C=O) groups excluding carboxylic acids is 4. The Balaban J connectivity index is 1.42. The second kappa shape index (κ2) is 13.6. The van der Waals surface area contributed by atoms with E-state index >= 15 is 0 Å². The summed E-state index contributed by atoms with van der Waals surface area (Å²) < 4.78 is 39.1. The summed E-state index contributed by atoms with van der Waals surface area (Å²) in [6.07, 6.45) is 2.41. The average molecular weight is 711 g/mol. The molecular weight excluding hydrogens is 664 g/mol. The number of nitrogens with zero attached hydrogens (tertiary/aromatic N) is 3. The number of hydrogen-bond donors (Lipinski definition) is 3. The summed E-state index contributed by atoms with van der Waals surface area (Å²) >= 11 is 0. The second-order valence-electron chi connectivity index (χ2n) is 15.2. The molecule has 270 valence electrons. The molecule has 0 radical (unpaired) electrons. The van der Waals surface area contributed by atoms with E-state index in [1.165, 1.54) is 17.3 Å². The first-order chi connectivity index (χ1) is 23.3. The third kappa shape index (κ3) is 8.42. The van der Waals surface area contributed by atoms with Gasteiger partial charge in [0.25, 0.3) is 5.91 Å². The molecule has 0 bridgehead atoms. The summed E-state index contributed by atoms with van der Waals surface area (Å²) in [6, 6.07) is 8.83. The number of rotatable bonds is 11. The fourth-order valence-electron chi connectivity index (χ4n) is 5.98. The van der Waals surface area contributed by atoms with Gasteiger partial charge in [-0.2, -0.15) is 0 Å². The second-order valence-corrected chi connectivity index (χ2v) is 17.2. The molecule has 4 amide bonds. The zero-order valence-corrected chi connectivity index (χ0v) is 30.1. The summed E-state index contributed by atoms with van der Waals surface area (Å²) in [5.41, 5.74) is -1.73. The van der Waals surface area contributed by atoms with Crippen LogP contribution in [0.2, 0.25) is 0 Å². The van der Waals surface area contributed by atoms with Gasteiger partial charge in [0.15, 0.2) is 0 Å². The molecule has 1 aromatic carbocycles. The van der Waals surface area contributed by atoms with Gasteiger partial charge in [0, 0.05) is 24.0 Å². The molecule has 50 heavy (non-hydrogen) atoms. The minimum atomic E-state index is -3.89. The van der Waals surface area contributed by atoms with Crippen LogP contribution in [0.25, 0.3) is 11.3 Å². The molecule has 3 fully saturated rings. The van der Waals surface area contributed by atoms with Gasteiger partial charge in [-0.25, -0.2) is 23.2 Å². The Morgan fingerprint density at radius 1 is 1.06 bits per heavy atom. The molecule has 1 aromatic heterocycles. The van der Waals surface area contributed by atoms with Gasteiger partial charge in [-0.15, -0.1) is 6.58 Å². The maximum Gasteiger partial charge on any atom is 0.408 e. The quantitative estimate of drug-likeness (QED) is 0.293. The summed E-state index contributed by atoms with van der Waals surface area (Å²) in [5.74, 6) is -2.38. The van der Waals surface area contributed by atoms with Crippen molar-refractivity contribution in [3.8, 4) is 17.1 Å². The lowest BCUT2D eigenvalue weighted by Crippen LogP contribution is -2.60. The van der Waals surface area contributed by atoms with Crippen molar-refractivity contribution in [1.29, 1.82) is 0 Å². The molecule has 2 aromatic rings. The lowest BCUT2D eigenvalue weighted by molar-refractivity contribution is -0.143. The number of benzene rings is 1. The van der Waals surface area contributed by atoms with E-state index in [9.17, 15) is 27.6 Å². The van der Waals surface area contributed by atoms with Crippen molar-refractivity contribution < 1.29 is 37.1 Å². The molecule has 1 aliphatic heterocycles. The smallest absolute Gasteiger partial charge is 0.408 e. The molecular formula is C35H46N6O8S. The highest BCUT2D eigenvalue weighted by Crippen LogP contribution is 2.45. The third-order valence-corrected chi connectivity index (χ3v) is 10.7. The number of aromatic nitrogens is 2. The van der Waals surface area contributed by atoms with Crippen molar-refractivity contribution in [1.82, 2.24) is 30.2 Å². The maximum atomic E-state index is 14.4. The van der Waals surface area contributed by atoms with E-state index in [4.69, 9.17) is 9.47 Å². The van der Waals surface area contributed by atoms with Crippen molar-refractivity contribution >= 4 is 33.8 Å². The molecule has 3 N–H and O–H groups in total. The molecule has 3 aliphatic rings. The van der Waals surface area contributed by atoms with Crippen LogP contribution >= 0.6 is 0 Å². The number of hydrogen-bond acceptors (Lipinski definition) is 10. The lowest BCUT2D eigenvalue weighted by Gasteiger charge is -2.36. The predicted octanol–water partition coefficient (Wildman–Crippen LogP) is 3.10. The topological polar surface area (TPSA) is 186 Å². The maximum absolute atomic E-state index is 14.4. The van der Waals surface area contributed by atoms with Gasteiger partial charge < -0.3 is 25.0 Å². The van der Waals surface area contributed by atoms with Crippen molar-refractivity contribution in [3.05, 3.63) is 55.4 Å². The van der Waals surface area contributed by atoms with Crippen LogP contribution in [0.4, 0.5) is 4.79 Å². The number of sulfonamides is 1. The SMILES string of the molecule is C=C[C@@H]1C[C@]1(NC(=O)C1C[C@@H](Oc2cc(-c3ccccc3)ncn2)CN1C(=O)[C@@H](NC(=O)OC(C)(C)C)C(C)(C)C)C(=O)NS(=O)(=O)C1CC1. The van der Waals surface area contributed by atoms with E-state index in [1.54, 1.807) is 47.6 Å². The molecule has 5 atom stereocenters. The summed E-state index contributed by atoms with van der Waals surface area (Å²) in [7, 11) is -3.89. The largest absolute Gasteiger partial charge is 0.472 e. The Morgan fingerprint density at radius 2 is 1.74 bits per heavy atom. The van der Waals surface area contributed by atoms with Crippen LogP contribution in [-0.2, 0) is 29.1 Å². The fourth-order valence-corrected chi connectivity index (χ4v) is 7.34. The molecule has 15 heteroatoms. The highest BCUT2D eigenvalue weighted by molar-refractivity contribution is 7.91. The van der Waals surface area contributed by atoms with Crippen LogP contribution in [0.15, 0.2) is 55.4 Å². The summed E-state index contributed by atoms with van der Waals surface area (Å²) in [5, 5.41) is 4.81. The van der Waals surface area contributed by atoms with Crippen molar-refractivity contribution in [3.63, 3.8) is 0 Å². The van der Waals surface area contributed by atoms with E-state index < -0.39 is 79.7 Å². The monoisotopic (exact) mass is 710 g/mol. The van der Waals surface area contributed by atoms with Crippen molar-refractivity contribution in [2.24, 2.45) is 11.3 Å². The first-order valence-electron chi connectivity index (χ1n) is 16.7. The van der Waals surface area contributed by atoms with E-state index in [2.05, 4.69) is 31.9 Å². The normalized spacial score (nSPS) is 24.0. The first kappa shape index (κ1) is 36.7. The van der Waals surface area contributed by atoms with Gasteiger partial charge in [-0.1, -0.05) is 57.2 Å². The van der Waals surface area contributed by atoms with Crippen LogP contribution in [0.1, 0.15) is 67.2 Å². The molecule has 2 saturated carbocycles. The number of likely N-dealkylation sites (tertiary alicyclic amines) is 1. The Morgan fingerprint density at radius 3 is 2.32 bits per heavy atom. The molecule has 2 heterocycles. The number of alkyl carbamates (subject to hydrolysis) is 1.